The zero-order valence-electron chi connectivity index (χ0n) is 35.4. The highest BCUT2D eigenvalue weighted by Crippen LogP contribution is 2.53. The molecule has 0 unspecified atom stereocenters. The van der Waals surface area contributed by atoms with E-state index < -0.39 is 0 Å². The lowest BCUT2D eigenvalue weighted by molar-refractivity contribution is 0.660. The summed E-state index contributed by atoms with van der Waals surface area (Å²) >= 11 is 0. The van der Waals surface area contributed by atoms with Crippen LogP contribution in [0, 0.1) is 0 Å². The van der Waals surface area contributed by atoms with E-state index in [1.54, 1.807) is 0 Å². The first-order valence-electron chi connectivity index (χ1n) is 21.8. The second-order valence-electron chi connectivity index (χ2n) is 18.1. The van der Waals surface area contributed by atoms with E-state index in [9.17, 15) is 0 Å². The molecule has 2 aliphatic carbocycles. The van der Waals surface area contributed by atoms with Crippen LogP contribution in [-0.2, 0) is 10.8 Å². The predicted octanol–water partition coefficient (Wildman–Crippen LogP) is 16.7. The maximum Gasteiger partial charge on any atom is 0.143 e. The van der Waals surface area contributed by atoms with E-state index in [0.29, 0.717) is 0 Å². The molecule has 1 aromatic heterocycles. The van der Waals surface area contributed by atoms with Crippen LogP contribution in [0.15, 0.2) is 205 Å². The molecule has 0 saturated carbocycles. The third kappa shape index (κ3) is 5.43. The fourth-order valence-corrected chi connectivity index (χ4v) is 10.7. The van der Waals surface area contributed by atoms with Gasteiger partial charge in [-0.2, -0.15) is 0 Å². The smallest absolute Gasteiger partial charge is 0.143 e. The van der Waals surface area contributed by atoms with Crippen molar-refractivity contribution in [3.05, 3.63) is 222 Å². The third-order valence-electron chi connectivity index (χ3n) is 13.9. The van der Waals surface area contributed by atoms with E-state index in [1.807, 2.05) is 0 Å². The summed E-state index contributed by atoms with van der Waals surface area (Å²) in [5, 5.41) is 2.25. The maximum atomic E-state index is 6.72. The second kappa shape index (κ2) is 13.5. The van der Waals surface area contributed by atoms with Crippen LogP contribution < -0.4 is 4.90 Å². The number of nitrogens with zero attached hydrogens (tertiary/aromatic N) is 1. The first-order valence-corrected chi connectivity index (χ1v) is 21.8. The predicted molar refractivity (Wildman–Crippen MR) is 260 cm³/mol. The molecule has 12 rings (SSSR count). The van der Waals surface area contributed by atoms with Crippen molar-refractivity contribution in [3.8, 4) is 55.6 Å². The first-order chi connectivity index (χ1) is 30.3. The summed E-state index contributed by atoms with van der Waals surface area (Å²) < 4.78 is 6.72. The van der Waals surface area contributed by atoms with E-state index in [2.05, 4.69) is 233 Å². The van der Waals surface area contributed by atoms with E-state index in [1.165, 1.54) is 55.6 Å². The highest BCUT2D eigenvalue weighted by Gasteiger charge is 2.37. The molecule has 0 fully saturated rings. The second-order valence-corrected chi connectivity index (χ2v) is 18.1. The van der Waals surface area contributed by atoms with Crippen molar-refractivity contribution in [2.45, 2.75) is 38.5 Å². The molecule has 0 atom stereocenters. The number of benzene rings is 9. The lowest BCUT2D eigenvalue weighted by Crippen LogP contribution is -2.16. The molecule has 1 heterocycles. The van der Waals surface area contributed by atoms with Gasteiger partial charge in [-0.05, 0) is 121 Å². The highest BCUT2D eigenvalue weighted by molar-refractivity contribution is 6.11. The number of para-hydroxylation sites is 2. The van der Waals surface area contributed by atoms with Gasteiger partial charge in [0, 0.05) is 44.1 Å². The van der Waals surface area contributed by atoms with Crippen molar-refractivity contribution in [2.75, 3.05) is 4.90 Å². The maximum absolute atomic E-state index is 6.72. The van der Waals surface area contributed by atoms with Gasteiger partial charge < -0.3 is 9.32 Å². The van der Waals surface area contributed by atoms with Crippen LogP contribution in [-0.4, -0.2) is 0 Å². The first kappa shape index (κ1) is 36.4. The molecular weight excluding hydrogens is 751 g/mol. The Morgan fingerprint density at radius 1 is 0.339 bits per heavy atom. The molecule has 0 aliphatic heterocycles. The van der Waals surface area contributed by atoms with Gasteiger partial charge in [0.15, 0.2) is 0 Å². The standard InChI is InChI=1S/C60H45NO/c1-59(2)52-22-12-8-19-45(52)47-32-28-40(36-54(47)59)50-34-41(35-51-49-21-11-15-25-57(49)62-58(50)51)38-26-29-42(30-27-38)61(56-24-14-10-18-44(56)39-16-6-5-7-17-39)43-31-33-48-46-20-9-13-23-53(46)60(3,4)55(48)37-43/h5-37H,1-4H3. The Bertz CT molecular complexity index is 3400. The Morgan fingerprint density at radius 3 is 1.61 bits per heavy atom. The molecule has 0 saturated heterocycles. The van der Waals surface area contributed by atoms with Crippen molar-refractivity contribution < 1.29 is 4.42 Å². The molecule has 10 aromatic rings. The summed E-state index contributed by atoms with van der Waals surface area (Å²) in [6.45, 7) is 9.41. The molecule has 296 valence electrons. The van der Waals surface area contributed by atoms with Gasteiger partial charge in [0.1, 0.15) is 11.2 Å². The number of fused-ring (bicyclic) bond motifs is 9. The van der Waals surface area contributed by atoms with Gasteiger partial charge in [-0.15, -0.1) is 0 Å². The summed E-state index contributed by atoms with van der Waals surface area (Å²) in [6.07, 6.45) is 0. The van der Waals surface area contributed by atoms with Gasteiger partial charge in [0.25, 0.3) is 0 Å². The SMILES string of the molecule is CC1(C)c2ccccc2-c2ccc(-c3cc(-c4ccc(N(c5ccc6c(c5)C(C)(C)c5ccccc5-6)c5ccccc5-c5ccccc5)cc4)cc4c3oc3ccccc34)cc21. The van der Waals surface area contributed by atoms with E-state index in [0.717, 1.165) is 61.3 Å². The minimum absolute atomic E-state index is 0.105. The topological polar surface area (TPSA) is 16.4 Å². The van der Waals surface area contributed by atoms with Crippen LogP contribution in [0.5, 0.6) is 0 Å². The van der Waals surface area contributed by atoms with Crippen molar-refractivity contribution in [1.82, 2.24) is 0 Å². The average molecular weight is 796 g/mol. The molecule has 0 spiro atoms. The van der Waals surface area contributed by atoms with Crippen LogP contribution in [0.4, 0.5) is 17.1 Å². The van der Waals surface area contributed by atoms with Crippen LogP contribution in [0.1, 0.15) is 49.9 Å². The molecule has 0 bridgehead atoms. The molecule has 62 heavy (non-hydrogen) atoms. The van der Waals surface area contributed by atoms with Crippen LogP contribution in [0.25, 0.3) is 77.6 Å². The number of rotatable bonds is 6. The number of furan rings is 1. The Hall–Kier alpha value is -7.42. The fourth-order valence-electron chi connectivity index (χ4n) is 10.7. The lowest BCUT2D eigenvalue weighted by Gasteiger charge is -2.30. The summed E-state index contributed by atoms with van der Waals surface area (Å²) in [6, 6.07) is 73.5. The van der Waals surface area contributed by atoms with E-state index in [4.69, 9.17) is 4.42 Å². The normalized spacial score (nSPS) is 14.1. The number of anilines is 3. The van der Waals surface area contributed by atoms with E-state index >= 15 is 0 Å². The van der Waals surface area contributed by atoms with Crippen LogP contribution >= 0.6 is 0 Å². The number of hydrogen-bond donors (Lipinski definition) is 0. The Balaban J connectivity index is 1.01. The zero-order valence-corrected chi connectivity index (χ0v) is 35.4. The van der Waals surface area contributed by atoms with Gasteiger partial charge in [0.05, 0.1) is 5.69 Å². The molecule has 2 aliphatic rings. The van der Waals surface area contributed by atoms with Gasteiger partial charge in [-0.25, -0.2) is 0 Å². The van der Waals surface area contributed by atoms with Gasteiger partial charge in [-0.3, -0.25) is 0 Å². The van der Waals surface area contributed by atoms with Crippen molar-refractivity contribution in [2.24, 2.45) is 0 Å². The highest BCUT2D eigenvalue weighted by atomic mass is 16.3. The summed E-state index contributed by atoms with van der Waals surface area (Å²) in [7, 11) is 0. The van der Waals surface area contributed by atoms with Crippen molar-refractivity contribution in [3.63, 3.8) is 0 Å². The van der Waals surface area contributed by atoms with Crippen molar-refractivity contribution >= 4 is 39.0 Å². The monoisotopic (exact) mass is 795 g/mol. The molecule has 0 N–H and O–H groups in total. The van der Waals surface area contributed by atoms with Crippen molar-refractivity contribution in [1.29, 1.82) is 0 Å². The van der Waals surface area contributed by atoms with E-state index in [-0.39, 0.29) is 10.8 Å². The van der Waals surface area contributed by atoms with Gasteiger partial charge in [0.2, 0.25) is 0 Å². The van der Waals surface area contributed by atoms with Gasteiger partial charge >= 0.3 is 0 Å². The molecule has 0 radical (unpaired) electrons. The van der Waals surface area contributed by atoms with Crippen LogP contribution in [0.2, 0.25) is 0 Å². The fraction of sp³-hybridized carbons (Fsp3) is 0.100. The molecule has 2 heteroatoms. The summed E-state index contributed by atoms with van der Waals surface area (Å²) in [5.74, 6) is 0. The zero-order chi connectivity index (χ0) is 41.7. The Labute approximate surface area is 363 Å². The summed E-state index contributed by atoms with van der Waals surface area (Å²) in [4.78, 5) is 2.44. The summed E-state index contributed by atoms with van der Waals surface area (Å²) in [5.41, 5.74) is 22.7. The minimum Gasteiger partial charge on any atom is -0.455 e. The average Bonchev–Trinajstić information content (AvgIpc) is 3.89. The largest absolute Gasteiger partial charge is 0.455 e. The third-order valence-corrected chi connectivity index (χ3v) is 13.9. The van der Waals surface area contributed by atoms with Gasteiger partial charge in [-0.1, -0.05) is 173 Å². The minimum atomic E-state index is -0.122. The number of hydrogen-bond acceptors (Lipinski definition) is 2. The Morgan fingerprint density at radius 2 is 0.887 bits per heavy atom. The van der Waals surface area contributed by atoms with Crippen LogP contribution in [0.3, 0.4) is 0 Å². The molecular formula is C60H45NO. The quantitative estimate of drug-likeness (QED) is 0.167. The molecule has 0 amide bonds. The lowest BCUT2D eigenvalue weighted by atomic mass is 9.81. The molecule has 2 nitrogen and oxygen atoms in total. The molecule has 9 aromatic carbocycles. The Kier molecular flexibility index (Phi) is 7.96.